The molecule has 1 aromatic heterocycles. The van der Waals surface area contributed by atoms with Crippen LogP contribution in [-0.2, 0) is 16.1 Å². The maximum absolute atomic E-state index is 13.3. The topological polar surface area (TPSA) is 125 Å². The number of unbranched alkanes of at least 4 members (excludes halogenated alkanes) is 1. The average molecular weight is 477 g/mol. The van der Waals surface area contributed by atoms with Crippen molar-refractivity contribution in [1.29, 1.82) is 0 Å². The third kappa shape index (κ3) is 6.08. The SMILES string of the molecule is CCCCN(C(=O)CN1CCN(C(=O)C2CCCCC2)CC1)c1c(N)n(CCC)c(=O)[nH]c1=O. The molecular weight excluding hydrogens is 436 g/mol. The highest BCUT2D eigenvalue weighted by Gasteiger charge is 2.30. The van der Waals surface area contributed by atoms with Crippen molar-refractivity contribution < 1.29 is 9.59 Å². The number of nitrogen functional groups attached to an aromatic ring is 1. The van der Waals surface area contributed by atoms with Gasteiger partial charge in [0.15, 0.2) is 5.69 Å². The largest absolute Gasteiger partial charge is 0.383 e. The van der Waals surface area contributed by atoms with Gasteiger partial charge in [0.1, 0.15) is 5.82 Å². The first-order valence-corrected chi connectivity index (χ1v) is 12.8. The standard InChI is InChI=1S/C24H40N6O4/c1-3-5-12-29(20-21(25)30(11-4-2)24(34)26-22(20)32)19(31)17-27-13-15-28(16-14-27)23(33)18-9-7-6-8-10-18/h18H,3-17,25H2,1-2H3,(H,26,32,34). The number of hydrogen-bond donors (Lipinski definition) is 2. The van der Waals surface area contributed by atoms with E-state index >= 15 is 0 Å². The van der Waals surface area contributed by atoms with E-state index in [4.69, 9.17) is 5.73 Å². The van der Waals surface area contributed by atoms with Crippen molar-refractivity contribution in [2.45, 2.75) is 71.8 Å². The quantitative estimate of drug-likeness (QED) is 0.555. The number of aromatic amines is 1. The van der Waals surface area contributed by atoms with E-state index in [1.807, 2.05) is 23.6 Å². The third-order valence-electron chi connectivity index (χ3n) is 6.96. The number of rotatable bonds is 9. The molecule has 0 radical (unpaired) electrons. The second-order valence-electron chi connectivity index (χ2n) is 9.48. The van der Waals surface area contributed by atoms with Gasteiger partial charge < -0.3 is 15.5 Å². The van der Waals surface area contributed by atoms with Gasteiger partial charge in [-0.15, -0.1) is 0 Å². The number of nitrogens with zero attached hydrogens (tertiary/aromatic N) is 4. The number of carbonyl (C=O) groups is 2. The predicted octanol–water partition coefficient (Wildman–Crippen LogP) is 1.39. The van der Waals surface area contributed by atoms with Crippen LogP contribution in [0.15, 0.2) is 9.59 Å². The molecular formula is C24H40N6O4. The molecule has 34 heavy (non-hydrogen) atoms. The summed E-state index contributed by atoms with van der Waals surface area (Å²) >= 11 is 0. The van der Waals surface area contributed by atoms with Gasteiger partial charge >= 0.3 is 5.69 Å². The number of hydrogen-bond acceptors (Lipinski definition) is 6. The molecule has 0 bridgehead atoms. The molecule has 10 nitrogen and oxygen atoms in total. The van der Waals surface area contributed by atoms with Crippen molar-refractivity contribution in [3.05, 3.63) is 20.8 Å². The number of H-pyrrole nitrogens is 1. The summed E-state index contributed by atoms with van der Waals surface area (Å²) in [6.07, 6.45) is 7.68. The molecule has 0 aromatic carbocycles. The molecule has 0 unspecified atom stereocenters. The zero-order chi connectivity index (χ0) is 24.7. The lowest BCUT2D eigenvalue weighted by Gasteiger charge is -2.37. The first-order valence-electron chi connectivity index (χ1n) is 12.8. The summed E-state index contributed by atoms with van der Waals surface area (Å²) in [4.78, 5) is 58.8. The van der Waals surface area contributed by atoms with Crippen molar-refractivity contribution in [2.75, 3.05) is 49.9 Å². The number of piperazine rings is 1. The minimum Gasteiger partial charge on any atom is -0.383 e. The summed E-state index contributed by atoms with van der Waals surface area (Å²) in [6, 6.07) is 0. The molecule has 1 aliphatic heterocycles. The summed E-state index contributed by atoms with van der Waals surface area (Å²) in [7, 11) is 0. The molecule has 0 spiro atoms. The highest BCUT2D eigenvalue weighted by atomic mass is 16.2. The van der Waals surface area contributed by atoms with Crippen LogP contribution in [0.4, 0.5) is 11.5 Å². The second kappa shape index (κ2) is 12.2. The van der Waals surface area contributed by atoms with Crippen molar-refractivity contribution in [2.24, 2.45) is 5.92 Å². The van der Waals surface area contributed by atoms with Crippen LogP contribution >= 0.6 is 0 Å². The Hall–Kier alpha value is -2.62. The molecule has 190 valence electrons. The van der Waals surface area contributed by atoms with E-state index in [0.29, 0.717) is 52.1 Å². The minimum atomic E-state index is -0.637. The van der Waals surface area contributed by atoms with Gasteiger partial charge in [0.2, 0.25) is 11.8 Å². The lowest BCUT2D eigenvalue weighted by atomic mass is 9.88. The molecule has 1 saturated heterocycles. The Morgan fingerprint density at radius 1 is 1.03 bits per heavy atom. The van der Waals surface area contributed by atoms with Crippen LogP contribution in [0.1, 0.15) is 65.2 Å². The van der Waals surface area contributed by atoms with Crippen molar-refractivity contribution in [3.63, 3.8) is 0 Å². The number of aromatic nitrogens is 2. The number of nitrogens with two attached hydrogens (primary N) is 1. The molecule has 2 aliphatic rings. The molecule has 10 heteroatoms. The zero-order valence-electron chi connectivity index (χ0n) is 20.7. The molecule has 1 aliphatic carbocycles. The van der Waals surface area contributed by atoms with Crippen molar-refractivity contribution >= 4 is 23.3 Å². The molecule has 2 amide bonds. The summed E-state index contributed by atoms with van der Waals surface area (Å²) < 4.78 is 1.32. The van der Waals surface area contributed by atoms with Gasteiger partial charge in [-0.3, -0.25) is 28.8 Å². The van der Waals surface area contributed by atoms with E-state index < -0.39 is 11.2 Å². The van der Waals surface area contributed by atoms with Crippen LogP contribution in [0.25, 0.3) is 0 Å². The van der Waals surface area contributed by atoms with Gasteiger partial charge in [-0.1, -0.05) is 39.5 Å². The zero-order valence-corrected chi connectivity index (χ0v) is 20.7. The number of nitrogens with one attached hydrogen (secondary N) is 1. The lowest BCUT2D eigenvalue weighted by molar-refractivity contribution is -0.138. The normalized spacial score (nSPS) is 17.6. The summed E-state index contributed by atoms with van der Waals surface area (Å²) in [5.41, 5.74) is 5.08. The van der Waals surface area contributed by atoms with E-state index in [-0.39, 0.29) is 35.8 Å². The van der Waals surface area contributed by atoms with E-state index in [0.717, 1.165) is 32.1 Å². The first-order chi connectivity index (χ1) is 16.4. The Morgan fingerprint density at radius 3 is 2.32 bits per heavy atom. The van der Waals surface area contributed by atoms with Crippen molar-refractivity contribution in [3.8, 4) is 0 Å². The van der Waals surface area contributed by atoms with Gasteiger partial charge in [0, 0.05) is 45.2 Å². The van der Waals surface area contributed by atoms with Gasteiger partial charge in [-0.2, -0.15) is 0 Å². The Kier molecular flexibility index (Phi) is 9.32. The number of anilines is 2. The van der Waals surface area contributed by atoms with Crippen molar-refractivity contribution in [1.82, 2.24) is 19.4 Å². The number of carbonyl (C=O) groups excluding carboxylic acids is 2. The van der Waals surface area contributed by atoms with Crippen LogP contribution in [0.5, 0.6) is 0 Å². The van der Waals surface area contributed by atoms with E-state index in [1.165, 1.54) is 15.9 Å². The number of amides is 2. The minimum absolute atomic E-state index is 0.0305. The molecule has 2 heterocycles. The van der Waals surface area contributed by atoms with E-state index in [1.54, 1.807) is 0 Å². The fourth-order valence-electron chi connectivity index (χ4n) is 4.97. The van der Waals surface area contributed by atoms with Crippen LogP contribution in [0.2, 0.25) is 0 Å². The summed E-state index contributed by atoms with van der Waals surface area (Å²) in [5.74, 6) is 0.218. The first kappa shape index (κ1) is 26.0. The Morgan fingerprint density at radius 2 is 1.71 bits per heavy atom. The maximum Gasteiger partial charge on any atom is 0.330 e. The Balaban J connectivity index is 1.69. The van der Waals surface area contributed by atoms with Gasteiger partial charge in [0.25, 0.3) is 5.56 Å². The summed E-state index contributed by atoms with van der Waals surface area (Å²) in [6.45, 7) is 7.24. The van der Waals surface area contributed by atoms with Gasteiger partial charge in [-0.05, 0) is 25.7 Å². The summed E-state index contributed by atoms with van der Waals surface area (Å²) in [5, 5.41) is 0. The van der Waals surface area contributed by atoms with Gasteiger partial charge in [0.05, 0.1) is 6.54 Å². The molecule has 1 saturated carbocycles. The van der Waals surface area contributed by atoms with Crippen LogP contribution in [0.3, 0.4) is 0 Å². The second-order valence-corrected chi connectivity index (χ2v) is 9.48. The third-order valence-corrected chi connectivity index (χ3v) is 6.96. The molecule has 0 atom stereocenters. The smallest absolute Gasteiger partial charge is 0.330 e. The fraction of sp³-hybridized carbons (Fsp3) is 0.750. The Labute approximate surface area is 201 Å². The lowest BCUT2D eigenvalue weighted by Crippen LogP contribution is -2.53. The Bertz CT molecular complexity index is 957. The molecule has 3 rings (SSSR count). The monoisotopic (exact) mass is 476 g/mol. The molecule has 2 fully saturated rings. The molecule has 1 aromatic rings. The van der Waals surface area contributed by atoms with Crippen LogP contribution in [-0.4, -0.2) is 70.4 Å². The predicted molar refractivity (Wildman–Crippen MR) is 133 cm³/mol. The van der Waals surface area contributed by atoms with Crippen LogP contribution < -0.4 is 21.9 Å². The maximum atomic E-state index is 13.3. The van der Waals surface area contributed by atoms with Gasteiger partial charge in [-0.25, -0.2) is 4.79 Å². The average Bonchev–Trinajstić information content (AvgIpc) is 2.84. The highest BCUT2D eigenvalue weighted by Crippen LogP contribution is 2.26. The van der Waals surface area contributed by atoms with E-state index in [9.17, 15) is 19.2 Å². The van der Waals surface area contributed by atoms with Crippen LogP contribution in [0, 0.1) is 5.92 Å². The van der Waals surface area contributed by atoms with E-state index in [2.05, 4.69) is 4.98 Å². The molecule has 3 N–H and O–H groups in total. The fourth-order valence-corrected chi connectivity index (χ4v) is 4.97. The highest BCUT2D eigenvalue weighted by molar-refractivity contribution is 5.96.